The number of anilines is 2. The molecule has 1 N–H and O–H groups in total. The molecule has 1 saturated carbocycles. The average molecular weight is 407 g/mol. The van der Waals surface area contributed by atoms with Crippen molar-refractivity contribution in [1.29, 1.82) is 0 Å². The maximum Gasteiger partial charge on any atom is 0.414 e. The van der Waals surface area contributed by atoms with Crippen molar-refractivity contribution in [2.24, 2.45) is 5.41 Å². The van der Waals surface area contributed by atoms with Crippen molar-refractivity contribution in [2.45, 2.75) is 38.0 Å². The minimum absolute atomic E-state index is 0.131. The highest BCUT2D eigenvalue weighted by Gasteiger charge is 2.72. The molecule has 4 aliphatic rings. The van der Waals surface area contributed by atoms with Crippen molar-refractivity contribution in [3.63, 3.8) is 0 Å². The minimum atomic E-state index is -0.815. The number of piperidine rings is 1. The third-order valence-electron chi connectivity index (χ3n) is 6.63. The minimum Gasteiger partial charge on any atom is -0.616 e. The smallest absolute Gasteiger partial charge is 0.414 e. The van der Waals surface area contributed by atoms with Crippen LogP contribution in [0.15, 0.2) is 18.2 Å². The molecule has 4 fully saturated rings. The van der Waals surface area contributed by atoms with E-state index in [0.717, 1.165) is 18.6 Å². The van der Waals surface area contributed by atoms with E-state index in [4.69, 9.17) is 4.74 Å². The zero-order valence-corrected chi connectivity index (χ0v) is 16.3. The maximum absolute atomic E-state index is 15.0. The molecule has 7 nitrogen and oxygen atoms in total. The molecule has 4 unspecified atom stereocenters. The van der Waals surface area contributed by atoms with Gasteiger partial charge in [0.15, 0.2) is 0 Å². The molecule has 28 heavy (non-hydrogen) atoms. The van der Waals surface area contributed by atoms with Gasteiger partial charge < -0.3 is 19.5 Å². The molecule has 5 atom stereocenters. The molecule has 1 aromatic rings. The molecule has 0 radical (unpaired) electrons. The van der Waals surface area contributed by atoms with Crippen LogP contribution >= 0.6 is 0 Å². The molecule has 1 spiro atoms. The van der Waals surface area contributed by atoms with Gasteiger partial charge in [-0.2, -0.15) is 0 Å². The molecule has 0 aromatic heterocycles. The fraction of sp³-hybridized carbons (Fsp3) is 0.579. The number of rotatable bonds is 4. The molecule has 2 amide bonds. The maximum atomic E-state index is 15.0. The van der Waals surface area contributed by atoms with Crippen molar-refractivity contribution in [2.75, 3.05) is 34.4 Å². The first-order valence-corrected chi connectivity index (χ1v) is 11.0. The summed E-state index contributed by atoms with van der Waals surface area (Å²) < 4.78 is 32.3. The van der Waals surface area contributed by atoms with Crippen LogP contribution in [0, 0.1) is 11.2 Å². The summed E-state index contributed by atoms with van der Waals surface area (Å²) in [7, 11) is 0. The van der Waals surface area contributed by atoms with E-state index in [9.17, 15) is 18.5 Å². The summed E-state index contributed by atoms with van der Waals surface area (Å²) in [6.45, 7) is 1.89. The summed E-state index contributed by atoms with van der Waals surface area (Å²) in [6, 6.07) is 5.24. The van der Waals surface area contributed by atoms with E-state index in [-0.39, 0.29) is 42.3 Å². The van der Waals surface area contributed by atoms with Crippen molar-refractivity contribution >= 4 is 34.6 Å². The normalized spacial score (nSPS) is 35.6. The molecular formula is C19H22FN3O4S. The van der Waals surface area contributed by atoms with Crippen LogP contribution in [0.1, 0.15) is 19.8 Å². The number of hydrogen-bond acceptors (Lipinski definition) is 5. The van der Waals surface area contributed by atoms with Crippen LogP contribution in [0.5, 0.6) is 0 Å². The molecule has 9 heteroatoms. The van der Waals surface area contributed by atoms with Gasteiger partial charge in [0.1, 0.15) is 23.4 Å². The quantitative estimate of drug-likeness (QED) is 0.763. The van der Waals surface area contributed by atoms with E-state index >= 15 is 0 Å². The highest BCUT2D eigenvalue weighted by atomic mass is 32.2. The van der Waals surface area contributed by atoms with E-state index in [0.29, 0.717) is 17.1 Å². The lowest BCUT2D eigenvalue weighted by molar-refractivity contribution is -0.119. The molecule has 3 saturated heterocycles. The van der Waals surface area contributed by atoms with Crippen LogP contribution in [0.2, 0.25) is 0 Å². The number of carbonyl (C=O) groups is 2. The van der Waals surface area contributed by atoms with E-state index < -0.39 is 23.4 Å². The molecule has 1 aliphatic carbocycles. The van der Waals surface area contributed by atoms with Gasteiger partial charge in [0.25, 0.3) is 0 Å². The van der Waals surface area contributed by atoms with Gasteiger partial charge in [-0.15, -0.1) is 0 Å². The second-order valence-electron chi connectivity index (χ2n) is 8.15. The number of hydrogen-bond donors (Lipinski definition) is 1. The van der Waals surface area contributed by atoms with Gasteiger partial charge >= 0.3 is 6.09 Å². The van der Waals surface area contributed by atoms with Crippen LogP contribution in [-0.4, -0.2) is 59.3 Å². The molecule has 1 aromatic carbocycles. The summed E-state index contributed by atoms with van der Waals surface area (Å²) in [5.41, 5.74) is 1.09. The van der Waals surface area contributed by atoms with Crippen LogP contribution in [-0.2, 0) is 20.7 Å². The molecule has 3 aliphatic heterocycles. The number of nitrogens with one attached hydrogen (secondary N) is 1. The number of cyclic esters (lactones) is 1. The third-order valence-corrected chi connectivity index (χ3v) is 8.18. The predicted octanol–water partition coefficient (Wildman–Crippen LogP) is 1.39. The summed E-state index contributed by atoms with van der Waals surface area (Å²) in [6.07, 6.45) is 1.09. The Morgan fingerprint density at radius 2 is 2.29 bits per heavy atom. The molecule has 5 rings (SSSR count). The van der Waals surface area contributed by atoms with E-state index in [1.807, 2.05) is 0 Å². The number of halogens is 1. The van der Waals surface area contributed by atoms with Gasteiger partial charge in [-0.05, 0) is 31.0 Å². The largest absolute Gasteiger partial charge is 0.616 e. The molecule has 0 bridgehead atoms. The SMILES string of the molecule is CC(=O)NC[C@H]1CN(c2ccc(N3C4CCC45C[S+]([O-])CC35)c(F)c2)C(=O)O1. The van der Waals surface area contributed by atoms with Gasteiger partial charge in [0.05, 0.1) is 35.9 Å². The first kappa shape index (κ1) is 18.1. The topological polar surface area (TPSA) is 84.9 Å². The van der Waals surface area contributed by atoms with Crippen molar-refractivity contribution < 1.29 is 23.3 Å². The highest BCUT2D eigenvalue weighted by molar-refractivity contribution is 7.91. The number of nitrogens with zero attached hydrogens (tertiary/aromatic N) is 2. The van der Waals surface area contributed by atoms with Gasteiger partial charge in [0, 0.05) is 13.0 Å². The van der Waals surface area contributed by atoms with Crippen LogP contribution in [0.25, 0.3) is 0 Å². The van der Waals surface area contributed by atoms with Gasteiger partial charge in [-0.3, -0.25) is 9.69 Å². The molecule has 3 heterocycles. The standard InChI is InChI=1S/C19H22FN3O4S/c1-11(24)21-7-13-8-22(18(25)27-13)12-2-3-15(14(20)6-12)23-16-4-5-19(16)10-28(26)9-17(19)23/h2-3,6,13,16-17H,4-5,7-10H2,1H3,(H,21,24)/t13-,16?,17?,19?,28?/m0/s1. The van der Waals surface area contributed by atoms with Gasteiger partial charge in [0.2, 0.25) is 5.91 Å². The fourth-order valence-corrected chi connectivity index (χ4v) is 7.30. The predicted molar refractivity (Wildman–Crippen MR) is 102 cm³/mol. The monoisotopic (exact) mass is 407 g/mol. The van der Waals surface area contributed by atoms with Gasteiger partial charge in [-0.1, -0.05) is 11.2 Å². The lowest BCUT2D eigenvalue weighted by Gasteiger charge is -2.66. The van der Waals surface area contributed by atoms with Gasteiger partial charge in [-0.25, -0.2) is 9.18 Å². The van der Waals surface area contributed by atoms with Crippen molar-refractivity contribution in [1.82, 2.24) is 5.32 Å². The van der Waals surface area contributed by atoms with Crippen LogP contribution < -0.4 is 15.1 Å². The van der Waals surface area contributed by atoms with Crippen LogP contribution in [0.4, 0.5) is 20.6 Å². The Morgan fingerprint density at radius 1 is 1.46 bits per heavy atom. The second-order valence-corrected chi connectivity index (χ2v) is 9.65. The summed E-state index contributed by atoms with van der Waals surface area (Å²) in [5.74, 6) is 0.780. The van der Waals surface area contributed by atoms with E-state index in [1.165, 1.54) is 17.9 Å². The average Bonchev–Trinajstić information content (AvgIpc) is 3.17. The van der Waals surface area contributed by atoms with E-state index in [1.54, 1.807) is 12.1 Å². The highest BCUT2D eigenvalue weighted by Crippen LogP contribution is 2.63. The first-order chi connectivity index (χ1) is 13.4. The third kappa shape index (κ3) is 2.52. The fourth-order valence-electron chi connectivity index (χ4n) is 5.21. The number of amides is 2. The molecule has 150 valence electrons. The Kier molecular flexibility index (Phi) is 4.03. The van der Waals surface area contributed by atoms with Crippen molar-refractivity contribution in [3.05, 3.63) is 24.0 Å². The Bertz CT molecular complexity index is 854. The Labute approximate surface area is 165 Å². The lowest BCUT2D eigenvalue weighted by atomic mass is 9.53. The number of carbonyl (C=O) groups excluding carboxylic acids is 2. The lowest BCUT2D eigenvalue weighted by Crippen LogP contribution is -2.77. The Hall–Kier alpha value is -2.00. The zero-order valence-electron chi connectivity index (χ0n) is 15.5. The van der Waals surface area contributed by atoms with E-state index in [2.05, 4.69) is 10.2 Å². The Morgan fingerprint density at radius 3 is 2.96 bits per heavy atom. The number of ether oxygens (including phenoxy) is 1. The zero-order chi connectivity index (χ0) is 19.6. The summed E-state index contributed by atoms with van der Waals surface area (Å²) in [5, 5.41) is 2.62. The first-order valence-electron chi connectivity index (χ1n) is 9.54. The summed E-state index contributed by atoms with van der Waals surface area (Å²) in [4.78, 5) is 26.6. The summed E-state index contributed by atoms with van der Waals surface area (Å²) >= 11 is -0.815. The van der Waals surface area contributed by atoms with Crippen molar-refractivity contribution in [3.8, 4) is 0 Å². The molecular weight excluding hydrogens is 385 g/mol. The second kappa shape index (κ2) is 6.25. The van der Waals surface area contributed by atoms with Crippen LogP contribution in [0.3, 0.4) is 0 Å². The number of benzene rings is 1. The Balaban J connectivity index is 1.32.